The van der Waals surface area contributed by atoms with Gasteiger partial charge in [-0.05, 0) is 83.4 Å². The summed E-state index contributed by atoms with van der Waals surface area (Å²) in [6.45, 7) is 0. The quantitative estimate of drug-likeness (QED) is 0.0473. The summed E-state index contributed by atoms with van der Waals surface area (Å²) in [4.78, 5) is 38.9. The Bertz CT molecular complexity index is 2690. The van der Waals surface area contributed by atoms with Gasteiger partial charge in [-0.1, -0.05) is 151 Å². The second-order valence-electron chi connectivity index (χ2n) is 13.1. The molecule has 412 valence electrons. The topological polar surface area (TPSA) is 342 Å². The van der Waals surface area contributed by atoms with Crippen LogP contribution in [0.4, 0.5) is 0 Å². The van der Waals surface area contributed by atoms with Crippen molar-refractivity contribution in [2.24, 2.45) is 15.3 Å². The number of carbonyl (C=O) groups is 3. The molecule has 1 aromatic heterocycles. The number of nitrogens with zero attached hydrogens (tertiary/aromatic N) is 7. The van der Waals surface area contributed by atoms with Crippen LogP contribution in [0.1, 0.15) is 47.8 Å². The Morgan fingerprint density at radius 1 is 0.444 bits per heavy atom. The van der Waals surface area contributed by atoms with E-state index in [-0.39, 0.29) is 118 Å². The van der Waals surface area contributed by atoms with Gasteiger partial charge < -0.3 is 56.0 Å². The Kier molecular flexibility index (Phi) is 53.3. The number of para-hydroxylation sites is 3. The van der Waals surface area contributed by atoms with Crippen LogP contribution >= 0.6 is 36.7 Å². The van der Waals surface area contributed by atoms with Gasteiger partial charge in [0.25, 0.3) is 17.7 Å². The number of aliphatic hydroxyl groups is 2. The van der Waals surface area contributed by atoms with Gasteiger partial charge in [0.2, 0.25) is 0 Å². The van der Waals surface area contributed by atoms with Crippen LogP contribution in [-0.2, 0) is 65.4 Å². The van der Waals surface area contributed by atoms with Gasteiger partial charge in [0.15, 0.2) is 0 Å². The molecule has 0 bridgehead atoms. The van der Waals surface area contributed by atoms with Crippen molar-refractivity contribution in [2.75, 3.05) is 35.5 Å². The molecule has 0 fully saturated rings. The normalized spacial score (nSPS) is 8.78. The van der Waals surface area contributed by atoms with Crippen LogP contribution in [0.3, 0.4) is 0 Å². The number of pyridine rings is 1. The average molecular weight is 1300 g/mol. The summed E-state index contributed by atoms with van der Waals surface area (Å²) in [6.07, 6.45) is 7.39. The first-order chi connectivity index (χ1) is 38.4. The molecule has 81 heavy (non-hydrogen) atoms. The number of aliphatic hydroxyl groups excluding tert-OH is 2. The minimum atomic E-state index is -0.336. The van der Waals surface area contributed by atoms with Gasteiger partial charge in [-0.15, -0.1) is 0 Å². The fourth-order valence-electron chi connectivity index (χ4n) is 5.14. The number of aromatic nitrogens is 1. The molecule has 21 nitrogen and oxygen atoms in total. The molecule has 0 aliphatic rings. The van der Waals surface area contributed by atoms with Crippen molar-refractivity contribution in [2.45, 2.75) is 0 Å². The minimum Gasteiger partial charge on any atom is -0.870 e. The summed E-state index contributed by atoms with van der Waals surface area (Å²) in [5.74, 6) is -1.10. The standard InChI is InChI=1S/3C15H14N2O3.C5H5N.3CNS.2CH4O.2Y/c3*1-20-13-9-5-8-12(14(13)18)10-16-17-15(19)11-6-3-2-4-7-11;1-2-4-6-5-3-1;3*2-1-3;2*1-2;;/h3*2-10,18H,1H3,(H,17,19);1-5H;;;;2*2H,1H3;;/q;;;;3*-1;;;2*+3/p-3/b3*16-10+;;;;;;;;. The number of hydrogen-bond donors (Lipinski definition) is 5. The van der Waals surface area contributed by atoms with Crippen LogP contribution in [0.2, 0.25) is 0 Å². The van der Waals surface area contributed by atoms with Crippen LogP contribution in [-0.4, -0.2) is 103 Å². The van der Waals surface area contributed by atoms with Gasteiger partial charge in [0.05, 0.1) is 40.0 Å². The molecule has 3 amide bonds. The zero-order chi connectivity index (χ0) is 59.5. The summed E-state index contributed by atoms with van der Waals surface area (Å²) < 4.78 is 14.8. The van der Waals surface area contributed by atoms with E-state index < -0.39 is 0 Å². The Hall–Kier alpha value is -7.78. The molecule has 7 rings (SSSR count). The second-order valence-corrected chi connectivity index (χ2v) is 13.7. The largest absolute Gasteiger partial charge is 3.00 e. The minimum absolute atomic E-state index is 0. The molecule has 0 unspecified atom stereocenters. The number of hydrogen-bond acceptors (Lipinski definition) is 18. The summed E-state index contributed by atoms with van der Waals surface area (Å²) in [7, 11) is 6.28. The van der Waals surface area contributed by atoms with E-state index in [2.05, 4.69) is 73.2 Å². The van der Waals surface area contributed by atoms with Crippen molar-refractivity contribution in [1.29, 1.82) is 0 Å². The molecule has 1 heterocycles. The molecule has 7 aromatic rings. The molecule has 5 N–H and O–H groups in total. The summed E-state index contributed by atoms with van der Waals surface area (Å²) >= 11 is 11.1. The second kappa shape index (κ2) is 54.2. The maximum atomic E-state index is 11.8. The number of nitrogens with one attached hydrogen (secondary N) is 3. The third kappa shape index (κ3) is 35.5. The molecule has 0 saturated heterocycles. The summed E-state index contributed by atoms with van der Waals surface area (Å²) in [5, 5.41) is 86.2. The monoisotopic (exact) mass is 1300 g/mol. The van der Waals surface area contributed by atoms with Crippen LogP contribution in [0.15, 0.2) is 191 Å². The Morgan fingerprint density at radius 2 is 0.667 bits per heavy atom. The van der Waals surface area contributed by atoms with E-state index in [1.165, 1.54) is 55.5 Å². The molecule has 0 radical (unpaired) electrons. The Morgan fingerprint density at radius 3 is 0.852 bits per heavy atom. The third-order valence-electron chi connectivity index (χ3n) is 8.47. The van der Waals surface area contributed by atoms with E-state index in [0.29, 0.717) is 33.4 Å². The summed E-state index contributed by atoms with van der Waals surface area (Å²) in [6, 6.07) is 46.4. The van der Waals surface area contributed by atoms with Crippen LogP contribution < -0.4 is 45.8 Å². The van der Waals surface area contributed by atoms with Gasteiger partial charge >= 0.3 is 65.4 Å². The van der Waals surface area contributed by atoms with E-state index >= 15 is 0 Å². The van der Waals surface area contributed by atoms with Crippen LogP contribution in [0.25, 0.3) is 16.2 Å². The number of hydrazone groups is 3. The number of amides is 3. The molecule has 0 aliphatic heterocycles. The van der Waals surface area contributed by atoms with E-state index in [0.717, 1.165) is 14.2 Å². The molecule has 0 aliphatic carbocycles. The maximum Gasteiger partial charge on any atom is 3.00 e. The van der Waals surface area contributed by atoms with Gasteiger partial charge in [0.1, 0.15) is 17.2 Å². The van der Waals surface area contributed by atoms with Crippen molar-refractivity contribution in [1.82, 2.24) is 21.3 Å². The van der Waals surface area contributed by atoms with E-state index in [9.17, 15) is 29.7 Å². The van der Waals surface area contributed by atoms with Crippen molar-refractivity contribution < 1.29 is 120 Å². The molecule has 6 aromatic carbocycles. The zero-order valence-corrected chi connectivity index (χ0v) is 52.2. The molecule has 0 saturated carbocycles. The van der Waals surface area contributed by atoms with Gasteiger partial charge in [-0.2, -0.15) is 30.8 Å². The van der Waals surface area contributed by atoms with Crippen molar-refractivity contribution in [3.05, 3.63) is 226 Å². The van der Waals surface area contributed by atoms with Gasteiger partial charge in [0, 0.05) is 43.3 Å². The van der Waals surface area contributed by atoms with Crippen LogP contribution in [0.5, 0.6) is 34.5 Å². The predicted molar refractivity (Wildman–Crippen MR) is 310 cm³/mol. The molecule has 0 atom stereocenters. The number of isothiocyanates is 3. The molecular formula is C55H52N10O11S3Y2. The Balaban J connectivity index is -0.000000468. The van der Waals surface area contributed by atoms with Crippen molar-refractivity contribution >= 4 is 88.5 Å². The third-order valence-corrected chi connectivity index (χ3v) is 8.47. The molecule has 0 spiro atoms. The first-order valence-electron chi connectivity index (χ1n) is 21.9. The van der Waals surface area contributed by atoms with Crippen molar-refractivity contribution in [3.8, 4) is 34.5 Å². The zero-order valence-electron chi connectivity index (χ0n) is 44.1. The fraction of sp³-hybridized carbons (Fsp3) is 0.0909. The average Bonchev–Trinajstić information content (AvgIpc) is 3.50. The van der Waals surface area contributed by atoms with E-state index in [1.54, 1.807) is 140 Å². The first-order valence-corrected chi connectivity index (χ1v) is 23.1. The van der Waals surface area contributed by atoms with Gasteiger partial charge in [-0.3, -0.25) is 19.4 Å². The maximum absolute atomic E-state index is 11.8. The van der Waals surface area contributed by atoms with Gasteiger partial charge in [-0.25, -0.2) is 16.3 Å². The number of benzene rings is 6. The van der Waals surface area contributed by atoms with Crippen molar-refractivity contribution in [3.63, 3.8) is 0 Å². The SMILES string of the molecule is CO.CO.COc1cccc(/C=N/NC(=O)c2ccccc2)c1[O-].COc1cccc(/C=N/NC(=O)c2ccccc2)c1[O-].COc1cccc(/C=N/NC(=O)c2ccccc2)c1[O-].[N-]=C=S.[N-]=C=S.[N-]=C=S.[Y+3].[Y+3].c1ccncc1. The number of carbonyl (C=O) groups excluding carboxylic acids is 3. The number of thiocarbonyl (C=S) groups is 3. The van der Waals surface area contributed by atoms with E-state index in [4.69, 9.17) is 40.7 Å². The fourth-order valence-corrected chi connectivity index (χ4v) is 5.14. The smallest absolute Gasteiger partial charge is 0.870 e. The van der Waals surface area contributed by atoms with Crippen LogP contribution in [0, 0.1) is 0 Å². The molecule has 26 heteroatoms. The first kappa shape index (κ1) is 79.7. The Labute approximate surface area is 535 Å². The predicted octanol–water partition coefficient (Wildman–Crippen LogP) is 6.87. The number of methoxy groups -OCH3 is 3. The molecular weight excluding hydrogens is 1250 g/mol. The number of rotatable bonds is 12. The van der Waals surface area contributed by atoms with E-state index in [1.807, 2.05) is 36.4 Å². The summed E-state index contributed by atoms with van der Waals surface area (Å²) in [5.41, 5.74) is 9.62. The number of ether oxygens (including phenoxy) is 3.